The van der Waals surface area contributed by atoms with Crippen LogP contribution >= 0.6 is 0 Å². The van der Waals surface area contributed by atoms with E-state index in [1.54, 1.807) is 36.1 Å². The molecule has 2 fully saturated rings. The average molecular weight is 569 g/mol. The summed E-state index contributed by atoms with van der Waals surface area (Å²) in [6.45, 7) is 3.73. The third-order valence-electron chi connectivity index (χ3n) is 7.24. The van der Waals surface area contributed by atoms with Crippen molar-refractivity contribution in [2.24, 2.45) is 0 Å². The molecule has 0 spiro atoms. The Balaban J connectivity index is 1.33. The molecule has 2 saturated heterocycles. The lowest BCUT2D eigenvalue weighted by Crippen LogP contribution is -2.58. The van der Waals surface area contributed by atoms with E-state index < -0.39 is 30.7 Å². The minimum Gasteiger partial charge on any atom is -0.462 e. The van der Waals surface area contributed by atoms with Gasteiger partial charge in [-0.25, -0.2) is 5.43 Å². The van der Waals surface area contributed by atoms with Gasteiger partial charge in [0.2, 0.25) is 18.1 Å². The number of hydrogen-bond donors (Lipinski definition) is 6. The third kappa shape index (κ3) is 8.83. The molecule has 2 aromatic carbocycles. The van der Waals surface area contributed by atoms with Crippen LogP contribution in [0.5, 0.6) is 5.75 Å². The summed E-state index contributed by atoms with van der Waals surface area (Å²) < 4.78 is 11.2. The van der Waals surface area contributed by atoms with Gasteiger partial charge in [-0.1, -0.05) is 42.5 Å². The van der Waals surface area contributed by atoms with E-state index in [0.717, 1.165) is 24.0 Å². The summed E-state index contributed by atoms with van der Waals surface area (Å²) in [4.78, 5) is 27.3. The number of nitrogens with zero attached hydrogens (tertiary/aromatic N) is 1. The van der Waals surface area contributed by atoms with Gasteiger partial charge in [-0.15, -0.1) is 0 Å². The first-order chi connectivity index (χ1) is 19.8. The smallest absolute Gasteiger partial charge is 0.246 e. The predicted octanol–water partition coefficient (Wildman–Crippen LogP) is 0.870. The zero-order valence-corrected chi connectivity index (χ0v) is 23.2. The topological polar surface area (TPSA) is 153 Å². The lowest BCUT2D eigenvalue weighted by molar-refractivity contribution is -0.268. The van der Waals surface area contributed by atoms with Crippen LogP contribution in [0.15, 0.2) is 60.7 Å². The second-order valence-electron chi connectivity index (χ2n) is 10.3. The van der Waals surface area contributed by atoms with Crippen LogP contribution in [0.4, 0.5) is 0 Å². The van der Waals surface area contributed by atoms with Gasteiger partial charge in [0.15, 0.2) is 0 Å². The minimum absolute atomic E-state index is 0.0729. The van der Waals surface area contributed by atoms with Crippen molar-refractivity contribution in [2.75, 3.05) is 26.2 Å². The zero-order valence-electron chi connectivity index (χ0n) is 23.2. The van der Waals surface area contributed by atoms with Gasteiger partial charge in [0.25, 0.3) is 0 Å². The minimum atomic E-state index is -1.40. The maximum atomic E-state index is 12.8. The number of ether oxygens (including phenoxy) is 2. The Kier molecular flexibility index (Phi) is 11.3. The van der Waals surface area contributed by atoms with Gasteiger partial charge in [-0.2, -0.15) is 0 Å². The van der Waals surface area contributed by atoms with Gasteiger partial charge in [0, 0.05) is 38.2 Å². The van der Waals surface area contributed by atoms with Crippen molar-refractivity contribution in [3.05, 3.63) is 71.8 Å². The number of carbonyl (C=O) groups is 2. The summed E-state index contributed by atoms with van der Waals surface area (Å²) in [5.74, 6) is 0.149. The Morgan fingerprint density at radius 2 is 1.73 bits per heavy atom. The molecule has 222 valence electrons. The summed E-state index contributed by atoms with van der Waals surface area (Å²) in [5.41, 5.74) is 7.49. The standard InChI is InChI=1S/C30H40N4O7/c1-20-27(37)28(38)29(39)30(40-20)41-23-12-10-22(11-13-23)24-19-25(35)33-32-16-18-34(17-6-5-15-31-24)26(36)14-9-21-7-3-2-4-8-21/h2-4,7-14,20,24,27-32,37-39H,5-6,15-19H2,1H3,(H,33,35)/b14-9-/t20-,24?,27-,28+,29+,30-/m0/s1. The highest BCUT2D eigenvalue weighted by molar-refractivity contribution is 5.91. The number of amides is 2. The van der Waals surface area contributed by atoms with Crippen LogP contribution in [-0.2, 0) is 14.3 Å². The molecule has 6 N–H and O–H groups in total. The molecule has 41 heavy (non-hydrogen) atoms. The van der Waals surface area contributed by atoms with Crippen LogP contribution in [0.3, 0.4) is 0 Å². The third-order valence-corrected chi connectivity index (χ3v) is 7.24. The maximum Gasteiger partial charge on any atom is 0.246 e. The molecule has 2 amide bonds. The van der Waals surface area contributed by atoms with Crippen molar-refractivity contribution in [3.63, 3.8) is 0 Å². The Labute approximate surface area is 240 Å². The van der Waals surface area contributed by atoms with E-state index in [2.05, 4.69) is 16.2 Å². The van der Waals surface area contributed by atoms with Crippen LogP contribution in [0.25, 0.3) is 6.08 Å². The van der Waals surface area contributed by atoms with Crippen LogP contribution in [0.2, 0.25) is 0 Å². The second kappa shape index (κ2) is 15.1. The molecule has 11 heteroatoms. The number of aliphatic hydroxyl groups excluding tert-OH is 3. The Hall–Kier alpha value is -3.32. The maximum absolute atomic E-state index is 12.8. The van der Waals surface area contributed by atoms with Crippen molar-refractivity contribution >= 4 is 17.9 Å². The van der Waals surface area contributed by atoms with E-state index in [9.17, 15) is 24.9 Å². The van der Waals surface area contributed by atoms with E-state index in [-0.39, 0.29) is 24.3 Å². The normalized spacial score (nSPS) is 28.7. The molecule has 2 aliphatic rings. The number of benzene rings is 2. The van der Waals surface area contributed by atoms with Crippen molar-refractivity contribution in [2.45, 2.75) is 62.9 Å². The van der Waals surface area contributed by atoms with Gasteiger partial charge >= 0.3 is 0 Å². The first kappa shape index (κ1) is 30.6. The molecule has 0 radical (unpaired) electrons. The number of hydrogen-bond acceptors (Lipinski definition) is 9. The van der Waals surface area contributed by atoms with Crippen molar-refractivity contribution in [1.82, 2.24) is 21.1 Å². The van der Waals surface area contributed by atoms with E-state index in [1.807, 2.05) is 42.5 Å². The lowest BCUT2D eigenvalue weighted by Gasteiger charge is -2.38. The molecule has 4 rings (SSSR count). The molecular weight excluding hydrogens is 528 g/mol. The molecule has 6 atom stereocenters. The van der Waals surface area contributed by atoms with Crippen LogP contribution in [-0.4, -0.2) is 88.9 Å². The summed E-state index contributed by atoms with van der Waals surface area (Å²) in [5, 5.41) is 33.6. The van der Waals surface area contributed by atoms with Crippen LogP contribution < -0.4 is 20.9 Å². The number of carbonyl (C=O) groups excluding carboxylic acids is 2. The number of aliphatic hydroxyl groups is 3. The molecule has 0 aliphatic carbocycles. The Morgan fingerprint density at radius 3 is 2.49 bits per heavy atom. The Bertz CT molecular complexity index is 1150. The molecule has 2 aromatic rings. The molecule has 1 unspecified atom stereocenters. The SMILES string of the molecule is C[C@@H]1O[C@@H](Oc2ccc(C3CC(=O)NNCCN(C(=O)/C=C\c4ccccc4)CCCCN3)cc2)[C@H](O)[C@H](O)[C@H]1O. The summed E-state index contributed by atoms with van der Waals surface area (Å²) in [6.07, 6.45) is -0.605. The fourth-order valence-corrected chi connectivity index (χ4v) is 4.79. The lowest BCUT2D eigenvalue weighted by atomic mass is 10.00. The Morgan fingerprint density at radius 1 is 0.976 bits per heavy atom. The average Bonchev–Trinajstić information content (AvgIpc) is 3.00. The fourth-order valence-electron chi connectivity index (χ4n) is 4.79. The highest BCUT2D eigenvalue weighted by Gasteiger charge is 2.43. The van der Waals surface area contributed by atoms with Gasteiger partial charge in [0.1, 0.15) is 24.1 Å². The van der Waals surface area contributed by atoms with Crippen LogP contribution in [0.1, 0.15) is 43.4 Å². The highest BCUT2D eigenvalue weighted by atomic mass is 16.7. The van der Waals surface area contributed by atoms with E-state index in [0.29, 0.717) is 31.9 Å². The first-order valence-corrected chi connectivity index (χ1v) is 14.0. The van der Waals surface area contributed by atoms with Gasteiger partial charge in [-0.05, 0) is 55.6 Å². The molecule has 0 saturated carbocycles. The van der Waals surface area contributed by atoms with Crippen molar-refractivity contribution in [3.8, 4) is 5.75 Å². The molecule has 2 heterocycles. The molecule has 0 aromatic heterocycles. The largest absolute Gasteiger partial charge is 0.462 e. The number of rotatable bonds is 5. The highest BCUT2D eigenvalue weighted by Crippen LogP contribution is 2.26. The monoisotopic (exact) mass is 568 g/mol. The van der Waals surface area contributed by atoms with Crippen LogP contribution in [0, 0.1) is 0 Å². The molecule has 2 aliphatic heterocycles. The molecular formula is C30H40N4O7. The van der Waals surface area contributed by atoms with E-state index in [1.165, 1.54) is 0 Å². The summed E-state index contributed by atoms with van der Waals surface area (Å²) >= 11 is 0. The van der Waals surface area contributed by atoms with Crippen molar-refractivity contribution < 1.29 is 34.4 Å². The van der Waals surface area contributed by atoms with Crippen molar-refractivity contribution in [1.29, 1.82) is 0 Å². The van der Waals surface area contributed by atoms with E-state index >= 15 is 0 Å². The van der Waals surface area contributed by atoms with Gasteiger partial charge in [0.05, 0.1) is 6.10 Å². The summed E-state index contributed by atoms with van der Waals surface area (Å²) in [6, 6.07) is 16.5. The number of hydrazine groups is 1. The molecule has 0 bridgehead atoms. The first-order valence-electron chi connectivity index (χ1n) is 14.0. The summed E-state index contributed by atoms with van der Waals surface area (Å²) in [7, 11) is 0. The zero-order chi connectivity index (χ0) is 29.2. The molecule has 11 nitrogen and oxygen atoms in total. The number of nitrogens with one attached hydrogen (secondary N) is 3. The fraction of sp³-hybridized carbons (Fsp3) is 0.467. The van der Waals surface area contributed by atoms with Gasteiger partial charge in [-0.3, -0.25) is 15.0 Å². The quantitative estimate of drug-likeness (QED) is 0.289. The predicted molar refractivity (Wildman–Crippen MR) is 152 cm³/mol. The second-order valence-corrected chi connectivity index (χ2v) is 10.3. The van der Waals surface area contributed by atoms with E-state index in [4.69, 9.17) is 9.47 Å². The van der Waals surface area contributed by atoms with Gasteiger partial charge < -0.3 is 35.0 Å².